The van der Waals surface area contributed by atoms with E-state index in [2.05, 4.69) is 6.07 Å². The normalized spacial score (nSPS) is 21.7. The number of fused-ring (bicyclic) bond motifs is 1. The van der Waals surface area contributed by atoms with Gasteiger partial charge in [-0.05, 0) is 24.0 Å². The zero-order chi connectivity index (χ0) is 7.84. The minimum absolute atomic E-state index is 0.216. The Balaban J connectivity index is 2.52. The van der Waals surface area contributed by atoms with Crippen LogP contribution in [0.3, 0.4) is 0 Å². The Morgan fingerprint density at radius 1 is 1.45 bits per heavy atom. The first kappa shape index (κ1) is 6.92. The van der Waals surface area contributed by atoms with Crippen molar-refractivity contribution in [2.75, 3.05) is 0 Å². The topological polar surface area (TPSA) is 26.0 Å². The highest BCUT2D eigenvalue weighted by atomic mass is 14.6. The summed E-state index contributed by atoms with van der Waals surface area (Å²) in [7, 11) is 5.64. The third-order valence-corrected chi connectivity index (χ3v) is 2.29. The Bertz CT molecular complexity index is 283. The quantitative estimate of drug-likeness (QED) is 0.523. The lowest BCUT2D eigenvalue weighted by Gasteiger charge is -2.04. The molecular weight excluding hydrogens is 133 g/mol. The molecule has 0 unspecified atom stereocenters. The third kappa shape index (κ3) is 1.08. The van der Waals surface area contributed by atoms with Crippen molar-refractivity contribution < 1.29 is 0 Å². The van der Waals surface area contributed by atoms with Crippen molar-refractivity contribution in [3.05, 3.63) is 29.3 Å². The van der Waals surface area contributed by atoms with Gasteiger partial charge in [-0.15, -0.1) is 0 Å². The summed E-state index contributed by atoms with van der Waals surface area (Å²) >= 11 is 0. The maximum atomic E-state index is 5.86. The molecule has 0 saturated heterocycles. The van der Waals surface area contributed by atoms with Crippen LogP contribution in [-0.4, -0.2) is 7.85 Å². The zero-order valence-corrected chi connectivity index (χ0v) is 6.38. The second-order valence-electron chi connectivity index (χ2n) is 3.10. The van der Waals surface area contributed by atoms with Crippen LogP contribution in [-0.2, 0) is 6.42 Å². The Hall–Kier alpha value is -0.755. The minimum atomic E-state index is 0.216. The fourth-order valence-corrected chi connectivity index (χ4v) is 1.65. The first-order valence-corrected chi connectivity index (χ1v) is 3.91. The van der Waals surface area contributed by atoms with Gasteiger partial charge in [-0.1, -0.05) is 23.7 Å². The van der Waals surface area contributed by atoms with Crippen LogP contribution in [0.15, 0.2) is 18.2 Å². The van der Waals surface area contributed by atoms with Crippen LogP contribution in [0, 0.1) is 0 Å². The molecule has 0 aliphatic heterocycles. The lowest BCUT2D eigenvalue weighted by Crippen LogP contribution is -2.09. The van der Waals surface area contributed by atoms with Gasteiger partial charge in [0.1, 0.15) is 7.85 Å². The SMILES string of the molecule is [B]c1ccc2c(c1)[C@H](N)CC2. The number of nitrogens with two attached hydrogens (primary N) is 1. The summed E-state index contributed by atoms with van der Waals surface area (Å²) < 4.78 is 0. The van der Waals surface area contributed by atoms with E-state index in [0.717, 1.165) is 18.3 Å². The van der Waals surface area contributed by atoms with E-state index >= 15 is 0 Å². The molecule has 0 saturated carbocycles. The van der Waals surface area contributed by atoms with Crippen molar-refractivity contribution in [2.24, 2.45) is 5.73 Å². The molecule has 0 amide bonds. The van der Waals surface area contributed by atoms with Gasteiger partial charge in [-0.3, -0.25) is 0 Å². The van der Waals surface area contributed by atoms with Crippen molar-refractivity contribution >= 4 is 13.3 Å². The number of aryl methyl sites for hydroxylation is 1. The molecule has 0 bridgehead atoms. The van der Waals surface area contributed by atoms with E-state index in [1.165, 1.54) is 11.1 Å². The van der Waals surface area contributed by atoms with Gasteiger partial charge in [0.25, 0.3) is 0 Å². The van der Waals surface area contributed by atoms with Crippen LogP contribution in [0.25, 0.3) is 0 Å². The van der Waals surface area contributed by atoms with Crippen LogP contribution < -0.4 is 11.2 Å². The Kier molecular flexibility index (Phi) is 1.50. The lowest BCUT2D eigenvalue weighted by molar-refractivity contribution is 0.713. The average Bonchev–Trinajstić information content (AvgIpc) is 2.33. The maximum Gasteiger partial charge on any atom is 0.113 e. The monoisotopic (exact) mass is 143 g/mol. The highest BCUT2D eigenvalue weighted by Gasteiger charge is 2.17. The largest absolute Gasteiger partial charge is 0.324 e. The first-order valence-electron chi connectivity index (χ1n) is 3.91. The summed E-state index contributed by atoms with van der Waals surface area (Å²) in [5.41, 5.74) is 9.29. The van der Waals surface area contributed by atoms with Crippen molar-refractivity contribution in [2.45, 2.75) is 18.9 Å². The molecule has 1 atom stereocenters. The molecule has 1 aliphatic carbocycles. The van der Waals surface area contributed by atoms with Gasteiger partial charge < -0.3 is 5.73 Å². The third-order valence-electron chi connectivity index (χ3n) is 2.29. The Morgan fingerprint density at radius 3 is 3.09 bits per heavy atom. The van der Waals surface area contributed by atoms with Gasteiger partial charge in [-0.25, -0.2) is 0 Å². The summed E-state index contributed by atoms with van der Waals surface area (Å²) in [5.74, 6) is 0. The molecule has 0 fully saturated rings. The number of hydrogen-bond acceptors (Lipinski definition) is 1. The van der Waals surface area contributed by atoms with Crippen molar-refractivity contribution in [1.82, 2.24) is 0 Å². The van der Waals surface area contributed by atoms with E-state index in [-0.39, 0.29) is 6.04 Å². The highest BCUT2D eigenvalue weighted by Crippen LogP contribution is 2.27. The maximum absolute atomic E-state index is 5.86. The standard InChI is InChI=1S/C9H10BN/c10-7-3-1-6-2-4-9(11)8(6)5-7/h1,3,5,9H,2,4,11H2/t9-/m1/s1. The highest BCUT2D eigenvalue weighted by molar-refractivity contribution is 6.32. The van der Waals surface area contributed by atoms with Gasteiger partial charge in [0.05, 0.1) is 0 Å². The van der Waals surface area contributed by atoms with Crippen molar-refractivity contribution in [3.8, 4) is 0 Å². The Morgan fingerprint density at radius 2 is 2.27 bits per heavy atom. The molecule has 1 aliphatic rings. The molecule has 0 heterocycles. The molecular formula is C9H10BN. The van der Waals surface area contributed by atoms with E-state index in [0.29, 0.717) is 0 Å². The molecule has 1 nitrogen and oxygen atoms in total. The summed E-state index contributed by atoms with van der Waals surface area (Å²) in [4.78, 5) is 0. The first-order chi connectivity index (χ1) is 5.27. The summed E-state index contributed by atoms with van der Waals surface area (Å²) in [6, 6.07) is 6.23. The average molecular weight is 143 g/mol. The van der Waals surface area contributed by atoms with Gasteiger partial charge >= 0.3 is 0 Å². The van der Waals surface area contributed by atoms with Gasteiger partial charge in [0, 0.05) is 6.04 Å². The second-order valence-corrected chi connectivity index (χ2v) is 3.10. The number of rotatable bonds is 0. The zero-order valence-electron chi connectivity index (χ0n) is 6.38. The smallest absolute Gasteiger partial charge is 0.113 e. The molecule has 11 heavy (non-hydrogen) atoms. The minimum Gasteiger partial charge on any atom is -0.324 e. The van der Waals surface area contributed by atoms with Crippen LogP contribution in [0.5, 0.6) is 0 Å². The molecule has 54 valence electrons. The van der Waals surface area contributed by atoms with E-state index in [1.54, 1.807) is 0 Å². The summed E-state index contributed by atoms with van der Waals surface area (Å²) in [6.07, 6.45) is 2.18. The van der Waals surface area contributed by atoms with Crippen molar-refractivity contribution in [1.29, 1.82) is 0 Å². The predicted molar refractivity (Wildman–Crippen MR) is 47.1 cm³/mol. The molecule has 2 heteroatoms. The van der Waals surface area contributed by atoms with Crippen LogP contribution >= 0.6 is 0 Å². The molecule has 2 rings (SSSR count). The number of hydrogen-bond donors (Lipinski definition) is 1. The summed E-state index contributed by atoms with van der Waals surface area (Å²) in [6.45, 7) is 0. The molecule has 2 radical (unpaired) electrons. The van der Waals surface area contributed by atoms with Gasteiger partial charge in [0.15, 0.2) is 0 Å². The molecule has 1 aromatic rings. The number of benzene rings is 1. The molecule has 0 spiro atoms. The molecule has 0 aromatic heterocycles. The lowest BCUT2D eigenvalue weighted by atomic mass is 9.92. The Labute approximate surface area is 68.0 Å². The molecule has 1 aromatic carbocycles. The van der Waals surface area contributed by atoms with Gasteiger partial charge in [0.2, 0.25) is 0 Å². The van der Waals surface area contributed by atoms with E-state index < -0.39 is 0 Å². The predicted octanol–water partition coefficient (Wildman–Crippen LogP) is 0.426. The van der Waals surface area contributed by atoms with Crippen LogP contribution in [0.4, 0.5) is 0 Å². The van der Waals surface area contributed by atoms with E-state index in [1.807, 2.05) is 12.1 Å². The van der Waals surface area contributed by atoms with Crippen LogP contribution in [0.1, 0.15) is 23.6 Å². The fraction of sp³-hybridized carbons (Fsp3) is 0.333. The van der Waals surface area contributed by atoms with E-state index in [9.17, 15) is 0 Å². The second kappa shape index (κ2) is 2.38. The van der Waals surface area contributed by atoms with Gasteiger partial charge in [-0.2, -0.15) is 0 Å². The van der Waals surface area contributed by atoms with E-state index in [4.69, 9.17) is 13.6 Å². The summed E-state index contributed by atoms with van der Waals surface area (Å²) in [5, 5.41) is 0. The van der Waals surface area contributed by atoms with Crippen molar-refractivity contribution in [3.63, 3.8) is 0 Å². The molecule has 2 N–H and O–H groups in total. The van der Waals surface area contributed by atoms with Crippen LogP contribution in [0.2, 0.25) is 0 Å². The fourth-order valence-electron chi connectivity index (χ4n) is 1.65.